The minimum atomic E-state index is -0.956. The van der Waals surface area contributed by atoms with E-state index in [-0.39, 0.29) is 42.8 Å². The van der Waals surface area contributed by atoms with Crippen LogP contribution in [-0.4, -0.2) is 105 Å². The van der Waals surface area contributed by atoms with Gasteiger partial charge in [-0.2, -0.15) is 0 Å². The van der Waals surface area contributed by atoms with E-state index in [0.29, 0.717) is 44.2 Å². The van der Waals surface area contributed by atoms with Gasteiger partial charge in [0.1, 0.15) is 6.17 Å². The number of β-amino-alcohol motifs (C(OH)–C–C–N with tert-alkyl or cyclic N) is 1. The van der Waals surface area contributed by atoms with Crippen molar-refractivity contribution in [1.82, 2.24) is 26.2 Å². The molecule has 3 heterocycles. The van der Waals surface area contributed by atoms with Crippen molar-refractivity contribution >= 4 is 5.91 Å². The zero-order valence-electron chi connectivity index (χ0n) is 22.4. The Labute approximate surface area is 221 Å². The molecule has 9 atom stereocenters. The van der Waals surface area contributed by atoms with Gasteiger partial charge in [0.25, 0.3) is 0 Å². The van der Waals surface area contributed by atoms with Gasteiger partial charge >= 0.3 is 0 Å². The lowest BCUT2D eigenvalue weighted by Crippen LogP contribution is -2.55. The minimum Gasteiger partial charge on any atom is -0.390 e. The van der Waals surface area contributed by atoms with Gasteiger partial charge < -0.3 is 30.1 Å². The zero-order valence-corrected chi connectivity index (χ0v) is 22.4. The number of carbonyl (C=O) groups is 1. The molecule has 0 aromatic carbocycles. The van der Waals surface area contributed by atoms with Crippen molar-refractivity contribution in [3.05, 3.63) is 0 Å². The number of amides is 1. The summed E-state index contributed by atoms with van der Waals surface area (Å²) < 4.78 is 26.6. The maximum Gasteiger partial charge on any atom is 0.223 e. The molecule has 5 N–H and O–H groups in total. The van der Waals surface area contributed by atoms with Gasteiger partial charge in [-0.25, -0.2) is 4.39 Å². The highest BCUT2D eigenvalue weighted by Crippen LogP contribution is 2.39. The van der Waals surface area contributed by atoms with Crippen LogP contribution in [0.2, 0.25) is 0 Å². The first-order valence-electron chi connectivity index (χ1n) is 14.7. The normalized spacial score (nSPS) is 40.1. The van der Waals surface area contributed by atoms with Crippen LogP contribution < -0.4 is 21.3 Å². The SMILES string of the molecule is CC1NCOC1COC1CC2CCN(C[C@@H](O)CNC(=O)C3CCNC(NC4CCC4)C3)CC2CC1F. The van der Waals surface area contributed by atoms with Crippen LogP contribution in [0.4, 0.5) is 4.39 Å². The zero-order chi connectivity index (χ0) is 25.8. The van der Waals surface area contributed by atoms with Crippen LogP contribution in [0.25, 0.3) is 0 Å². The fourth-order valence-electron chi connectivity index (χ4n) is 6.80. The second-order valence-electron chi connectivity index (χ2n) is 12.2. The summed E-state index contributed by atoms with van der Waals surface area (Å²) >= 11 is 0. The van der Waals surface area contributed by atoms with Gasteiger partial charge in [0.15, 0.2) is 0 Å². The molecule has 2 saturated carbocycles. The molecule has 5 aliphatic rings. The summed E-state index contributed by atoms with van der Waals surface area (Å²) in [7, 11) is 0. The standard InChI is InChI=1S/C27H48FN5O4/c1-17-25(37-16-31-17)15-36-24-10-18-6-8-33(13-20(18)9-23(24)28)14-22(34)12-30-27(35)19-5-7-29-26(11-19)32-21-3-2-4-21/h17-26,29,31-32,34H,2-16H2,1H3,(H,30,35)/t17?,18?,19?,20?,22-,23?,24?,25?,26?/m0/s1. The Kier molecular flexibility index (Phi) is 9.71. The number of aliphatic hydroxyl groups is 1. The van der Waals surface area contributed by atoms with Crippen LogP contribution in [0.5, 0.6) is 0 Å². The van der Waals surface area contributed by atoms with E-state index in [1.165, 1.54) is 19.3 Å². The highest BCUT2D eigenvalue weighted by atomic mass is 19.1. The number of aliphatic hydroxyl groups excluding tert-OH is 1. The minimum absolute atomic E-state index is 0.00560. The van der Waals surface area contributed by atoms with E-state index in [2.05, 4.69) is 33.1 Å². The first kappa shape index (κ1) is 27.7. The quantitative estimate of drug-likeness (QED) is 0.284. The first-order valence-corrected chi connectivity index (χ1v) is 14.7. The Bertz CT molecular complexity index is 746. The predicted molar refractivity (Wildman–Crippen MR) is 139 cm³/mol. The number of carbonyl (C=O) groups excluding carboxylic acids is 1. The van der Waals surface area contributed by atoms with Crippen LogP contribution in [-0.2, 0) is 14.3 Å². The molecule has 0 bridgehead atoms. The third kappa shape index (κ3) is 7.41. The molecule has 0 aromatic heterocycles. The fraction of sp³-hybridized carbons (Fsp3) is 0.963. The number of hydrogen-bond acceptors (Lipinski definition) is 8. The van der Waals surface area contributed by atoms with Crippen molar-refractivity contribution in [2.24, 2.45) is 17.8 Å². The summed E-state index contributed by atoms with van der Waals surface area (Å²) in [6, 6.07) is 0.827. The smallest absolute Gasteiger partial charge is 0.223 e. The van der Waals surface area contributed by atoms with Crippen LogP contribution in [0.15, 0.2) is 0 Å². The van der Waals surface area contributed by atoms with Gasteiger partial charge in [0.2, 0.25) is 5.91 Å². The number of fused-ring (bicyclic) bond motifs is 1. The van der Waals surface area contributed by atoms with Crippen molar-refractivity contribution in [1.29, 1.82) is 0 Å². The molecule has 9 nitrogen and oxygen atoms in total. The third-order valence-corrected chi connectivity index (χ3v) is 9.47. The van der Waals surface area contributed by atoms with Crippen molar-refractivity contribution in [2.75, 3.05) is 46.1 Å². The van der Waals surface area contributed by atoms with Gasteiger partial charge in [0, 0.05) is 37.6 Å². The second kappa shape index (κ2) is 13.0. The van der Waals surface area contributed by atoms with E-state index in [1.807, 2.05) is 0 Å². The van der Waals surface area contributed by atoms with Gasteiger partial charge in [-0.15, -0.1) is 0 Å². The Morgan fingerprint density at radius 2 is 2.05 bits per heavy atom. The number of hydrogen-bond donors (Lipinski definition) is 5. The molecule has 8 unspecified atom stereocenters. The number of rotatable bonds is 10. The Morgan fingerprint density at radius 3 is 2.81 bits per heavy atom. The molecule has 10 heteroatoms. The number of nitrogens with zero attached hydrogens (tertiary/aromatic N) is 1. The number of halogens is 1. The van der Waals surface area contributed by atoms with E-state index < -0.39 is 12.3 Å². The molecule has 0 spiro atoms. The number of alkyl halides is 1. The largest absolute Gasteiger partial charge is 0.390 e. The number of ether oxygens (including phenoxy) is 2. The fourth-order valence-corrected chi connectivity index (χ4v) is 6.80. The van der Waals surface area contributed by atoms with E-state index in [9.17, 15) is 14.3 Å². The topological polar surface area (TPSA) is 107 Å². The lowest BCUT2D eigenvalue weighted by atomic mass is 9.73. The van der Waals surface area contributed by atoms with Crippen LogP contribution >= 0.6 is 0 Å². The molecular formula is C27H48FN5O4. The van der Waals surface area contributed by atoms with Gasteiger partial charge in [-0.1, -0.05) is 6.42 Å². The van der Waals surface area contributed by atoms with Gasteiger partial charge in [-0.05, 0) is 76.8 Å². The molecule has 37 heavy (non-hydrogen) atoms. The molecule has 1 amide bonds. The molecule has 2 aliphatic carbocycles. The van der Waals surface area contributed by atoms with Crippen molar-refractivity contribution in [3.8, 4) is 0 Å². The van der Waals surface area contributed by atoms with Crippen LogP contribution in [0.3, 0.4) is 0 Å². The summed E-state index contributed by atoms with van der Waals surface area (Å²) in [6.45, 7) is 6.37. The maximum atomic E-state index is 15.0. The summed E-state index contributed by atoms with van der Waals surface area (Å²) in [5.41, 5.74) is 0. The predicted octanol–water partition coefficient (Wildman–Crippen LogP) is 0.721. The number of likely N-dealkylation sites (tertiary alicyclic amines) is 1. The Hall–Kier alpha value is -0.880. The highest BCUT2D eigenvalue weighted by Gasteiger charge is 2.41. The summed E-state index contributed by atoms with van der Waals surface area (Å²) in [5, 5.41) is 24.0. The first-order chi connectivity index (χ1) is 17.9. The Morgan fingerprint density at radius 1 is 1.19 bits per heavy atom. The van der Waals surface area contributed by atoms with E-state index in [1.54, 1.807) is 0 Å². The van der Waals surface area contributed by atoms with E-state index in [4.69, 9.17) is 9.47 Å². The molecule has 212 valence electrons. The Balaban J connectivity index is 0.992. The van der Waals surface area contributed by atoms with Gasteiger partial charge in [0.05, 0.1) is 37.8 Å². The van der Waals surface area contributed by atoms with E-state index in [0.717, 1.165) is 45.3 Å². The average molecular weight is 526 g/mol. The average Bonchev–Trinajstić information content (AvgIpc) is 3.28. The maximum absolute atomic E-state index is 15.0. The summed E-state index contributed by atoms with van der Waals surface area (Å²) in [4.78, 5) is 15.0. The second-order valence-corrected chi connectivity index (χ2v) is 12.2. The van der Waals surface area contributed by atoms with Crippen LogP contribution in [0.1, 0.15) is 58.3 Å². The summed E-state index contributed by atoms with van der Waals surface area (Å²) in [5.74, 6) is 0.793. The van der Waals surface area contributed by atoms with Gasteiger partial charge in [-0.3, -0.25) is 15.4 Å². The van der Waals surface area contributed by atoms with E-state index >= 15 is 0 Å². The molecule has 3 aliphatic heterocycles. The molecule has 3 saturated heterocycles. The van der Waals surface area contributed by atoms with Crippen molar-refractivity contribution in [2.45, 2.75) is 101 Å². The lowest BCUT2D eigenvalue weighted by molar-refractivity contribution is -0.126. The summed E-state index contributed by atoms with van der Waals surface area (Å²) in [6.07, 6.45) is 5.94. The van der Waals surface area contributed by atoms with Crippen LogP contribution in [0, 0.1) is 17.8 Å². The highest BCUT2D eigenvalue weighted by molar-refractivity contribution is 5.78. The third-order valence-electron chi connectivity index (χ3n) is 9.47. The molecular weight excluding hydrogens is 477 g/mol. The lowest BCUT2D eigenvalue weighted by Gasteiger charge is -2.45. The van der Waals surface area contributed by atoms with Crippen molar-refractivity contribution in [3.63, 3.8) is 0 Å². The number of nitrogens with one attached hydrogen (secondary N) is 4. The monoisotopic (exact) mass is 525 g/mol. The molecule has 5 rings (SSSR count). The molecule has 0 aromatic rings. The molecule has 5 fully saturated rings. The number of piperidine rings is 2. The molecule has 0 radical (unpaired) electrons. The van der Waals surface area contributed by atoms with Crippen molar-refractivity contribution < 1.29 is 23.8 Å².